The van der Waals surface area contributed by atoms with Gasteiger partial charge in [0, 0.05) is 28.9 Å². The van der Waals surface area contributed by atoms with Crippen LogP contribution in [0.25, 0.3) is 44.1 Å². The van der Waals surface area contributed by atoms with Crippen LogP contribution in [0.15, 0.2) is 116 Å². The van der Waals surface area contributed by atoms with Gasteiger partial charge in [-0.1, -0.05) is 75.4 Å². The van der Waals surface area contributed by atoms with Gasteiger partial charge in [-0.15, -0.1) is 0 Å². The van der Waals surface area contributed by atoms with Gasteiger partial charge in [-0.2, -0.15) is 0 Å². The standard InChI is InChI=1S/C34H28N2O/c1-34(2,3)26-18-25(33-30-13-7-4-10-23(30)15-17-36-33)20-27(21-26)37-28-19-24-11-5-6-12-29(24)31(22-28)32-14-8-9-16-35-32/h4-22H,1-3H3. The van der Waals surface area contributed by atoms with E-state index in [9.17, 15) is 0 Å². The predicted molar refractivity (Wildman–Crippen MR) is 153 cm³/mol. The third kappa shape index (κ3) is 4.56. The Bertz CT molecular complexity index is 1730. The molecule has 2 aromatic heterocycles. The van der Waals surface area contributed by atoms with Gasteiger partial charge in [0.15, 0.2) is 0 Å². The van der Waals surface area contributed by atoms with Crippen molar-refractivity contribution in [1.29, 1.82) is 0 Å². The first-order chi connectivity index (χ1) is 18.0. The highest BCUT2D eigenvalue weighted by Gasteiger charge is 2.18. The third-order valence-corrected chi connectivity index (χ3v) is 6.73. The van der Waals surface area contributed by atoms with Crippen molar-refractivity contribution in [2.24, 2.45) is 0 Å². The number of aromatic nitrogens is 2. The molecule has 0 saturated heterocycles. The van der Waals surface area contributed by atoms with Crippen LogP contribution in [0.3, 0.4) is 0 Å². The van der Waals surface area contributed by atoms with E-state index >= 15 is 0 Å². The van der Waals surface area contributed by atoms with Crippen LogP contribution in [0.2, 0.25) is 0 Å². The van der Waals surface area contributed by atoms with Gasteiger partial charge in [0.25, 0.3) is 0 Å². The Balaban J connectivity index is 1.50. The fourth-order valence-electron chi connectivity index (χ4n) is 4.79. The summed E-state index contributed by atoms with van der Waals surface area (Å²) in [4.78, 5) is 9.39. The van der Waals surface area contributed by atoms with E-state index in [4.69, 9.17) is 9.72 Å². The number of rotatable bonds is 4. The van der Waals surface area contributed by atoms with Gasteiger partial charge in [0.2, 0.25) is 0 Å². The zero-order valence-corrected chi connectivity index (χ0v) is 21.3. The minimum absolute atomic E-state index is 0.0544. The molecule has 0 aliphatic heterocycles. The zero-order valence-electron chi connectivity index (χ0n) is 21.3. The minimum Gasteiger partial charge on any atom is -0.457 e. The SMILES string of the molecule is CC(C)(C)c1cc(Oc2cc(-c3ccccn3)c3ccccc3c2)cc(-c2nccc3ccccc23)c1. The predicted octanol–water partition coefficient (Wildman–Crippen LogP) is 9.21. The smallest absolute Gasteiger partial charge is 0.128 e. The van der Waals surface area contributed by atoms with E-state index in [2.05, 4.69) is 111 Å². The summed E-state index contributed by atoms with van der Waals surface area (Å²) in [6.45, 7) is 6.67. The molecule has 0 aliphatic rings. The maximum absolute atomic E-state index is 6.60. The van der Waals surface area contributed by atoms with Crippen molar-refractivity contribution in [3.05, 3.63) is 121 Å². The van der Waals surface area contributed by atoms with Crippen LogP contribution in [0.5, 0.6) is 11.5 Å². The van der Waals surface area contributed by atoms with Crippen molar-refractivity contribution in [2.45, 2.75) is 26.2 Å². The van der Waals surface area contributed by atoms with Crippen molar-refractivity contribution in [2.75, 3.05) is 0 Å². The molecule has 0 N–H and O–H groups in total. The summed E-state index contributed by atoms with van der Waals surface area (Å²) < 4.78 is 6.60. The molecule has 3 heteroatoms. The van der Waals surface area contributed by atoms with Gasteiger partial charge >= 0.3 is 0 Å². The van der Waals surface area contributed by atoms with E-state index in [0.717, 1.165) is 50.2 Å². The number of nitrogens with zero attached hydrogens (tertiary/aromatic N) is 2. The van der Waals surface area contributed by atoms with Gasteiger partial charge in [-0.25, -0.2) is 0 Å². The first kappa shape index (κ1) is 22.9. The Kier molecular flexibility index (Phi) is 5.69. The van der Waals surface area contributed by atoms with Gasteiger partial charge in [0.05, 0.1) is 11.4 Å². The van der Waals surface area contributed by atoms with Crippen molar-refractivity contribution in [1.82, 2.24) is 9.97 Å². The van der Waals surface area contributed by atoms with Gasteiger partial charge in [-0.3, -0.25) is 9.97 Å². The molecule has 0 aliphatic carbocycles. The van der Waals surface area contributed by atoms with E-state index in [1.165, 1.54) is 10.9 Å². The van der Waals surface area contributed by atoms with Crippen LogP contribution in [0.1, 0.15) is 26.3 Å². The van der Waals surface area contributed by atoms with Gasteiger partial charge < -0.3 is 4.74 Å². The lowest BCUT2D eigenvalue weighted by atomic mass is 9.85. The Morgan fingerprint density at radius 2 is 1.32 bits per heavy atom. The lowest BCUT2D eigenvalue weighted by Gasteiger charge is -2.22. The summed E-state index contributed by atoms with van der Waals surface area (Å²) in [5, 5.41) is 4.57. The fraction of sp³-hybridized carbons (Fsp3) is 0.118. The summed E-state index contributed by atoms with van der Waals surface area (Å²) in [6, 6.07) is 35.4. The van der Waals surface area contributed by atoms with Crippen molar-refractivity contribution in [3.8, 4) is 34.0 Å². The number of ether oxygens (including phenoxy) is 1. The largest absolute Gasteiger partial charge is 0.457 e. The zero-order chi connectivity index (χ0) is 25.4. The Morgan fingerprint density at radius 3 is 2.11 bits per heavy atom. The second-order valence-corrected chi connectivity index (χ2v) is 10.4. The first-order valence-electron chi connectivity index (χ1n) is 12.6. The van der Waals surface area contributed by atoms with E-state index in [1.54, 1.807) is 0 Å². The highest BCUT2D eigenvalue weighted by atomic mass is 16.5. The monoisotopic (exact) mass is 480 g/mol. The Morgan fingerprint density at radius 1 is 0.595 bits per heavy atom. The molecule has 0 fully saturated rings. The molecule has 3 nitrogen and oxygen atoms in total. The molecular weight excluding hydrogens is 452 g/mol. The normalized spacial score (nSPS) is 11.6. The molecule has 2 heterocycles. The minimum atomic E-state index is -0.0544. The molecule has 0 saturated carbocycles. The third-order valence-electron chi connectivity index (χ3n) is 6.73. The Labute approximate surface area is 217 Å². The molecule has 0 bridgehead atoms. The first-order valence-corrected chi connectivity index (χ1v) is 12.6. The van der Waals surface area contributed by atoms with E-state index < -0.39 is 0 Å². The van der Waals surface area contributed by atoms with Crippen LogP contribution in [-0.4, -0.2) is 9.97 Å². The number of hydrogen-bond acceptors (Lipinski definition) is 3. The van der Waals surface area contributed by atoms with Crippen LogP contribution < -0.4 is 4.74 Å². The van der Waals surface area contributed by atoms with Crippen LogP contribution in [0.4, 0.5) is 0 Å². The second-order valence-electron chi connectivity index (χ2n) is 10.4. The molecule has 6 rings (SSSR count). The summed E-state index contributed by atoms with van der Waals surface area (Å²) >= 11 is 0. The number of hydrogen-bond donors (Lipinski definition) is 0. The molecule has 0 radical (unpaired) electrons. The summed E-state index contributed by atoms with van der Waals surface area (Å²) in [6.07, 6.45) is 3.71. The number of pyridine rings is 2. The summed E-state index contributed by atoms with van der Waals surface area (Å²) in [5.74, 6) is 1.57. The molecule has 37 heavy (non-hydrogen) atoms. The molecule has 0 unspecified atom stereocenters. The van der Waals surface area contributed by atoms with Gasteiger partial charge in [-0.05, 0) is 75.7 Å². The molecule has 0 amide bonds. The summed E-state index contributed by atoms with van der Waals surface area (Å²) in [5.41, 5.74) is 5.12. The maximum atomic E-state index is 6.60. The maximum Gasteiger partial charge on any atom is 0.128 e. The highest BCUT2D eigenvalue weighted by molar-refractivity contribution is 5.97. The molecule has 6 aromatic rings. The van der Waals surface area contributed by atoms with Crippen molar-refractivity contribution >= 4 is 21.5 Å². The van der Waals surface area contributed by atoms with Crippen LogP contribution in [-0.2, 0) is 5.41 Å². The average molecular weight is 481 g/mol. The fourth-order valence-corrected chi connectivity index (χ4v) is 4.79. The molecule has 0 spiro atoms. The van der Waals surface area contributed by atoms with Crippen molar-refractivity contribution in [3.63, 3.8) is 0 Å². The molecule has 4 aromatic carbocycles. The van der Waals surface area contributed by atoms with Crippen LogP contribution in [0, 0.1) is 0 Å². The molecular formula is C34H28N2O. The molecule has 180 valence electrons. The van der Waals surface area contributed by atoms with E-state index in [1.807, 2.05) is 30.6 Å². The van der Waals surface area contributed by atoms with Crippen LogP contribution >= 0.6 is 0 Å². The lowest BCUT2D eigenvalue weighted by molar-refractivity contribution is 0.479. The summed E-state index contributed by atoms with van der Waals surface area (Å²) in [7, 11) is 0. The molecule has 0 atom stereocenters. The number of benzene rings is 4. The quantitative estimate of drug-likeness (QED) is 0.252. The van der Waals surface area contributed by atoms with E-state index in [0.29, 0.717) is 0 Å². The number of fused-ring (bicyclic) bond motifs is 2. The Hall–Kier alpha value is -4.50. The van der Waals surface area contributed by atoms with Gasteiger partial charge in [0.1, 0.15) is 11.5 Å². The van der Waals surface area contributed by atoms with E-state index in [-0.39, 0.29) is 5.41 Å². The highest BCUT2D eigenvalue weighted by Crippen LogP contribution is 2.38. The average Bonchev–Trinajstić information content (AvgIpc) is 2.92. The topological polar surface area (TPSA) is 35.0 Å². The second kappa shape index (κ2) is 9.18. The van der Waals surface area contributed by atoms with Crippen molar-refractivity contribution < 1.29 is 4.74 Å². The lowest BCUT2D eigenvalue weighted by Crippen LogP contribution is -2.11.